The fraction of sp³-hybridized carbons (Fsp3) is 0.143. The third-order valence-corrected chi connectivity index (χ3v) is 2.11. The third-order valence-electron chi connectivity index (χ3n) is 1.46. The van der Waals surface area contributed by atoms with Crippen molar-refractivity contribution in [3.05, 3.63) is 32.2 Å². The van der Waals surface area contributed by atoms with Crippen molar-refractivity contribution in [2.24, 2.45) is 0 Å². The number of carbonyl (C=O) groups excluding carboxylic acids is 1. The average molecular weight is 252 g/mol. The number of nitrogens with one attached hydrogen (secondary N) is 1. The van der Waals surface area contributed by atoms with E-state index in [-0.39, 0.29) is 10.8 Å². The van der Waals surface area contributed by atoms with E-state index in [1.54, 1.807) is 0 Å². The lowest BCUT2D eigenvalue weighted by molar-refractivity contribution is 0.110. The van der Waals surface area contributed by atoms with Gasteiger partial charge in [-0.3, -0.25) is 9.59 Å². The third kappa shape index (κ3) is 1.82. The van der Waals surface area contributed by atoms with Gasteiger partial charge in [0.2, 0.25) is 0 Å². The number of hydrogen-bond acceptors (Lipinski definition) is 2. The summed E-state index contributed by atoms with van der Waals surface area (Å²) in [5, 5.41) is 0. The Hall–Kier alpha value is -1.04. The Morgan fingerprint density at radius 3 is 2.54 bits per heavy atom. The number of pyridine rings is 1. The number of aromatic nitrogens is 1. The molecule has 0 saturated carbocycles. The van der Waals surface area contributed by atoms with Crippen molar-refractivity contribution in [2.75, 3.05) is 0 Å². The molecule has 0 amide bonds. The van der Waals surface area contributed by atoms with Crippen LogP contribution >= 0.6 is 15.9 Å². The minimum Gasteiger partial charge on any atom is -0.327 e. The summed E-state index contributed by atoms with van der Waals surface area (Å²) < 4.78 is 24.6. The van der Waals surface area contributed by atoms with Crippen LogP contribution in [-0.2, 0) is 0 Å². The second kappa shape index (κ2) is 3.78. The Bertz CT molecular complexity index is 389. The van der Waals surface area contributed by atoms with Gasteiger partial charge in [0.15, 0.2) is 6.29 Å². The monoisotopic (exact) mass is 251 g/mol. The van der Waals surface area contributed by atoms with E-state index >= 15 is 0 Å². The minimum atomic E-state index is -2.85. The average Bonchev–Trinajstić information content (AvgIpc) is 2.07. The second-order valence-corrected chi connectivity index (χ2v) is 3.07. The first-order valence-corrected chi connectivity index (χ1v) is 4.01. The topological polar surface area (TPSA) is 49.9 Å². The van der Waals surface area contributed by atoms with Gasteiger partial charge in [-0.15, -0.1) is 0 Å². The number of rotatable bonds is 2. The minimum absolute atomic E-state index is 0.0178. The van der Waals surface area contributed by atoms with Crippen LogP contribution in [0.1, 0.15) is 22.3 Å². The molecule has 0 bridgehead atoms. The highest BCUT2D eigenvalue weighted by molar-refractivity contribution is 9.10. The van der Waals surface area contributed by atoms with Crippen molar-refractivity contribution < 1.29 is 13.6 Å². The molecule has 6 heteroatoms. The zero-order chi connectivity index (χ0) is 10.0. The summed E-state index contributed by atoms with van der Waals surface area (Å²) in [6.07, 6.45) is -1.65. The smallest absolute Gasteiger partial charge is 0.265 e. The van der Waals surface area contributed by atoms with Crippen molar-refractivity contribution in [2.45, 2.75) is 6.43 Å². The summed E-state index contributed by atoms with van der Waals surface area (Å²) in [5.41, 5.74) is -1.92. The van der Waals surface area contributed by atoms with E-state index in [2.05, 4.69) is 20.9 Å². The molecule has 1 rings (SSSR count). The molecule has 0 atom stereocenters. The number of H-pyrrole nitrogens is 1. The molecule has 1 N–H and O–H groups in total. The summed E-state index contributed by atoms with van der Waals surface area (Å²) in [6.45, 7) is 0. The van der Waals surface area contributed by atoms with Crippen molar-refractivity contribution in [1.82, 2.24) is 4.98 Å². The van der Waals surface area contributed by atoms with Crippen molar-refractivity contribution in [3.8, 4) is 0 Å². The van der Waals surface area contributed by atoms with Crippen LogP contribution in [0, 0.1) is 0 Å². The first kappa shape index (κ1) is 10.0. The summed E-state index contributed by atoms with van der Waals surface area (Å²) in [6, 6.07) is 0. The van der Waals surface area contributed by atoms with Crippen LogP contribution in [0.3, 0.4) is 0 Å². The largest absolute Gasteiger partial charge is 0.327 e. The Morgan fingerprint density at radius 1 is 1.54 bits per heavy atom. The molecule has 0 saturated heterocycles. The molecule has 0 aliphatic heterocycles. The van der Waals surface area contributed by atoms with Gasteiger partial charge in [0, 0.05) is 16.2 Å². The SMILES string of the molecule is O=Cc1c(C(F)F)c(Br)c[nH]c1=O. The summed E-state index contributed by atoms with van der Waals surface area (Å²) in [4.78, 5) is 23.4. The van der Waals surface area contributed by atoms with Crippen molar-refractivity contribution >= 4 is 22.2 Å². The van der Waals surface area contributed by atoms with Gasteiger partial charge in [-0.05, 0) is 15.9 Å². The highest BCUT2D eigenvalue weighted by Gasteiger charge is 2.18. The predicted molar refractivity (Wildman–Crippen MR) is 45.1 cm³/mol. The fourth-order valence-electron chi connectivity index (χ4n) is 0.874. The van der Waals surface area contributed by atoms with E-state index in [1.807, 2.05) is 0 Å². The Labute approximate surface area is 79.9 Å². The van der Waals surface area contributed by atoms with Gasteiger partial charge in [-0.1, -0.05) is 0 Å². The molecule has 0 aromatic carbocycles. The molecule has 1 heterocycles. The van der Waals surface area contributed by atoms with Gasteiger partial charge in [0.25, 0.3) is 12.0 Å². The van der Waals surface area contributed by atoms with Crippen molar-refractivity contribution in [3.63, 3.8) is 0 Å². The van der Waals surface area contributed by atoms with Gasteiger partial charge in [0.1, 0.15) is 0 Å². The zero-order valence-corrected chi connectivity index (χ0v) is 7.77. The lowest BCUT2D eigenvalue weighted by atomic mass is 10.1. The second-order valence-electron chi connectivity index (χ2n) is 2.21. The number of hydrogen-bond donors (Lipinski definition) is 1. The fourth-order valence-corrected chi connectivity index (χ4v) is 1.38. The van der Waals surface area contributed by atoms with Crippen LogP contribution in [0.4, 0.5) is 8.78 Å². The van der Waals surface area contributed by atoms with Gasteiger partial charge >= 0.3 is 0 Å². The molecule has 70 valence electrons. The predicted octanol–water partition coefficient (Wildman–Crippen LogP) is 1.89. The number of carbonyl (C=O) groups is 1. The molecule has 0 spiro atoms. The normalized spacial score (nSPS) is 10.5. The van der Waals surface area contributed by atoms with E-state index in [0.29, 0.717) is 0 Å². The maximum Gasteiger partial charge on any atom is 0.265 e. The van der Waals surface area contributed by atoms with E-state index in [4.69, 9.17) is 0 Å². The number of aldehydes is 1. The lowest BCUT2D eigenvalue weighted by Crippen LogP contribution is -2.15. The zero-order valence-electron chi connectivity index (χ0n) is 6.18. The number of aromatic amines is 1. The summed E-state index contributed by atoms with van der Waals surface area (Å²) in [7, 11) is 0. The number of halogens is 3. The van der Waals surface area contributed by atoms with Gasteiger partial charge in [-0.25, -0.2) is 8.78 Å². The Kier molecular flexibility index (Phi) is 2.92. The molecule has 0 radical (unpaired) electrons. The molecule has 1 aromatic heterocycles. The summed E-state index contributed by atoms with van der Waals surface area (Å²) in [5.74, 6) is 0. The van der Waals surface area contributed by atoms with E-state index < -0.39 is 23.1 Å². The quantitative estimate of drug-likeness (QED) is 0.817. The highest BCUT2D eigenvalue weighted by atomic mass is 79.9. The van der Waals surface area contributed by atoms with Gasteiger partial charge < -0.3 is 4.98 Å². The maximum atomic E-state index is 12.3. The standard InChI is InChI=1S/C7H4BrF2NO2/c8-4-1-11-7(13)3(2-12)5(4)6(9)10/h1-2,6H,(H,11,13). The van der Waals surface area contributed by atoms with Crippen LogP contribution in [0.5, 0.6) is 0 Å². The van der Waals surface area contributed by atoms with Crippen LogP contribution in [0.25, 0.3) is 0 Å². The first-order valence-electron chi connectivity index (χ1n) is 3.22. The van der Waals surface area contributed by atoms with Gasteiger partial charge in [-0.2, -0.15) is 0 Å². The molecule has 13 heavy (non-hydrogen) atoms. The Morgan fingerprint density at radius 2 is 2.15 bits per heavy atom. The summed E-state index contributed by atoms with van der Waals surface area (Å²) >= 11 is 2.81. The molecular weight excluding hydrogens is 248 g/mol. The molecule has 0 unspecified atom stereocenters. The first-order chi connectivity index (χ1) is 6.07. The van der Waals surface area contributed by atoms with Crippen LogP contribution in [-0.4, -0.2) is 11.3 Å². The van der Waals surface area contributed by atoms with Gasteiger partial charge in [0.05, 0.1) is 5.56 Å². The molecule has 1 aromatic rings. The van der Waals surface area contributed by atoms with Crippen LogP contribution in [0.15, 0.2) is 15.5 Å². The highest BCUT2D eigenvalue weighted by Crippen LogP contribution is 2.27. The molecule has 0 fully saturated rings. The number of alkyl halides is 2. The van der Waals surface area contributed by atoms with Crippen LogP contribution < -0.4 is 5.56 Å². The van der Waals surface area contributed by atoms with E-state index in [1.165, 1.54) is 0 Å². The molecule has 3 nitrogen and oxygen atoms in total. The molecule has 0 aliphatic rings. The van der Waals surface area contributed by atoms with Crippen molar-refractivity contribution in [1.29, 1.82) is 0 Å². The Balaban J connectivity index is 3.53. The molecule has 0 aliphatic carbocycles. The van der Waals surface area contributed by atoms with Crippen LogP contribution in [0.2, 0.25) is 0 Å². The van der Waals surface area contributed by atoms with E-state index in [9.17, 15) is 18.4 Å². The lowest BCUT2D eigenvalue weighted by Gasteiger charge is -2.04. The maximum absolute atomic E-state index is 12.3. The van der Waals surface area contributed by atoms with E-state index in [0.717, 1.165) is 6.20 Å². The molecular formula is C7H4BrF2NO2.